The van der Waals surface area contributed by atoms with E-state index in [2.05, 4.69) is 5.32 Å². The van der Waals surface area contributed by atoms with Gasteiger partial charge in [0, 0.05) is 18.7 Å². The molecule has 4 nitrogen and oxygen atoms in total. The number of para-hydroxylation sites is 1. The Morgan fingerprint density at radius 2 is 1.76 bits per heavy atom. The topological polar surface area (TPSA) is 49.4 Å². The third kappa shape index (κ3) is 3.04. The Morgan fingerprint density at radius 1 is 1.12 bits per heavy atom. The van der Waals surface area contributed by atoms with Gasteiger partial charge in [-0.15, -0.1) is 0 Å². The second-order valence-electron chi connectivity index (χ2n) is 6.78. The fourth-order valence-electron chi connectivity index (χ4n) is 3.62. The summed E-state index contributed by atoms with van der Waals surface area (Å²) in [6.07, 6.45) is 0.149. The summed E-state index contributed by atoms with van der Waals surface area (Å²) in [5.74, 6) is -0.112. The van der Waals surface area contributed by atoms with Crippen LogP contribution in [-0.4, -0.2) is 18.4 Å². The zero-order valence-electron chi connectivity index (χ0n) is 15.0. The monoisotopic (exact) mass is 336 g/mol. The van der Waals surface area contributed by atoms with Gasteiger partial charge in [0.1, 0.15) is 0 Å². The van der Waals surface area contributed by atoms with E-state index in [4.69, 9.17) is 0 Å². The maximum Gasteiger partial charge on any atom is 0.237 e. The highest BCUT2D eigenvalue weighted by atomic mass is 16.2. The molecule has 0 saturated heterocycles. The molecule has 0 fully saturated rings. The lowest BCUT2D eigenvalue weighted by molar-refractivity contribution is -0.129. The van der Waals surface area contributed by atoms with Gasteiger partial charge in [0.25, 0.3) is 0 Å². The van der Waals surface area contributed by atoms with Crippen LogP contribution in [0.1, 0.15) is 44.4 Å². The molecule has 0 aliphatic carbocycles. The van der Waals surface area contributed by atoms with Crippen LogP contribution in [0.2, 0.25) is 0 Å². The maximum absolute atomic E-state index is 13.0. The van der Waals surface area contributed by atoms with Gasteiger partial charge in [0.15, 0.2) is 0 Å². The van der Waals surface area contributed by atoms with Crippen molar-refractivity contribution in [3.8, 4) is 0 Å². The fraction of sp³-hybridized carbons (Fsp3) is 0.333. The quantitative estimate of drug-likeness (QED) is 0.907. The standard InChI is InChI=1S/C21H24N2O2/c1-4-23-18-13-9-8-12-17(18)21(3,20(23)25)14-19(24)22-15(2)16-10-6-5-7-11-16/h5-13,15H,4,14H2,1-3H3,(H,22,24)/t15-,21+/m1/s1. The molecule has 2 aromatic carbocycles. The van der Waals surface area contributed by atoms with Crippen LogP contribution in [0.15, 0.2) is 54.6 Å². The number of amides is 2. The van der Waals surface area contributed by atoms with Crippen molar-refractivity contribution >= 4 is 17.5 Å². The Balaban J connectivity index is 1.80. The number of likely N-dealkylation sites (N-methyl/N-ethyl adjacent to an activating group) is 1. The first kappa shape index (κ1) is 17.2. The van der Waals surface area contributed by atoms with E-state index in [-0.39, 0.29) is 24.3 Å². The highest BCUT2D eigenvalue weighted by Gasteiger charge is 2.47. The van der Waals surface area contributed by atoms with Crippen molar-refractivity contribution in [2.24, 2.45) is 0 Å². The molecular weight excluding hydrogens is 312 g/mol. The molecule has 0 spiro atoms. The smallest absolute Gasteiger partial charge is 0.237 e. The van der Waals surface area contributed by atoms with Gasteiger partial charge >= 0.3 is 0 Å². The van der Waals surface area contributed by atoms with Gasteiger partial charge in [-0.05, 0) is 38.0 Å². The first-order valence-electron chi connectivity index (χ1n) is 8.73. The Morgan fingerprint density at radius 3 is 2.44 bits per heavy atom. The second kappa shape index (κ2) is 6.71. The van der Waals surface area contributed by atoms with E-state index in [1.54, 1.807) is 4.90 Å². The molecule has 0 unspecified atom stereocenters. The van der Waals surface area contributed by atoms with Crippen molar-refractivity contribution in [2.45, 2.75) is 38.6 Å². The number of fused-ring (bicyclic) bond motifs is 1. The number of anilines is 1. The van der Waals surface area contributed by atoms with Crippen molar-refractivity contribution in [1.29, 1.82) is 0 Å². The van der Waals surface area contributed by atoms with Crippen LogP contribution in [0.25, 0.3) is 0 Å². The molecule has 2 amide bonds. The van der Waals surface area contributed by atoms with E-state index >= 15 is 0 Å². The van der Waals surface area contributed by atoms with Gasteiger partial charge in [0.05, 0.1) is 11.5 Å². The number of hydrogen-bond acceptors (Lipinski definition) is 2. The molecule has 1 aliphatic rings. The Bertz CT molecular complexity index is 787. The number of nitrogens with one attached hydrogen (secondary N) is 1. The van der Waals surface area contributed by atoms with Crippen LogP contribution in [0, 0.1) is 0 Å². The lowest BCUT2D eigenvalue weighted by atomic mass is 9.80. The lowest BCUT2D eigenvalue weighted by Gasteiger charge is -2.24. The lowest BCUT2D eigenvalue weighted by Crippen LogP contribution is -2.42. The van der Waals surface area contributed by atoms with Gasteiger partial charge in [-0.25, -0.2) is 0 Å². The molecular formula is C21H24N2O2. The van der Waals surface area contributed by atoms with Crippen LogP contribution >= 0.6 is 0 Å². The average Bonchev–Trinajstić information content (AvgIpc) is 2.83. The van der Waals surface area contributed by atoms with E-state index in [0.29, 0.717) is 6.54 Å². The van der Waals surface area contributed by atoms with Gasteiger partial charge in [0.2, 0.25) is 11.8 Å². The molecule has 0 aromatic heterocycles. The molecule has 0 bridgehead atoms. The van der Waals surface area contributed by atoms with Crippen molar-refractivity contribution in [2.75, 3.05) is 11.4 Å². The molecule has 1 heterocycles. The number of carbonyl (C=O) groups excluding carboxylic acids is 2. The molecule has 3 rings (SSSR count). The molecule has 0 saturated carbocycles. The number of rotatable bonds is 5. The minimum atomic E-state index is -0.812. The van der Waals surface area contributed by atoms with Crippen LogP contribution in [0.3, 0.4) is 0 Å². The van der Waals surface area contributed by atoms with E-state index in [1.807, 2.05) is 75.4 Å². The largest absolute Gasteiger partial charge is 0.350 e. The number of hydrogen-bond donors (Lipinski definition) is 1. The van der Waals surface area contributed by atoms with Gasteiger partial charge in [-0.2, -0.15) is 0 Å². The van der Waals surface area contributed by atoms with E-state index in [9.17, 15) is 9.59 Å². The first-order chi connectivity index (χ1) is 12.0. The molecule has 1 aliphatic heterocycles. The van der Waals surface area contributed by atoms with Crippen LogP contribution in [0.4, 0.5) is 5.69 Å². The minimum absolute atomic E-state index is 0.00119. The molecule has 2 atom stereocenters. The summed E-state index contributed by atoms with van der Waals surface area (Å²) in [6.45, 7) is 6.39. The summed E-state index contributed by atoms with van der Waals surface area (Å²) in [5.41, 5.74) is 2.09. The number of nitrogens with zero attached hydrogens (tertiary/aromatic N) is 1. The summed E-state index contributed by atoms with van der Waals surface area (Å²) in [6, 6.07) is 17.5. The minimum Gasteiger partial charge on any atom is -0.350 e. The molecule has 1 N–H and O–H groups in total. The van der Waals surface area contributed by atoms with Gasteiger partial charge in [-0.1, -0.05) is 48.5 Å². The zero-order chi connectivity index (χ0) is 18.0. The molecule has 4 heteroatoms. The van der Waals surface area contributed by atoms with Crippen molar-refractivity contribution < 1.29 is 9.59 Å². The summed E-state index contributed by atoms with van der Waals surface area (Å²) < 4.78 is 0. The van der Waals surface area contributed by atoms with Crippen molar-refractivity contribution in [3.63, 3.8) is 0 Å². The van der Waals surface area contributed by atoms with Gasteiger partial charge < -0.3 is 10.2 Å². The van der Waals surface area contributed by atoms with Crippen molar-refractivity contribution in [3.05, 3.63) is 65.7 Å². The summed E-state index contributed by atoms with van der Waals surface area (Å²) in [7, 11) is 0. The molecule has 2 aromatic rings. The van der Waals surface area contributed by atoms with E-state index in [1.165, 1.54) is 0 Å². The Kier molecular flexibility index (Phi) is 4.62. The molecule has 0 radical (unpaired) electrons. The Labute approximate surface area is 148 Å². The second-order valence-corrected chi connectivity index (χ2v) is 6.78. The maximum atomic E-state index is 13.0. The molecule has 25 heavy (non-hydrogen) atoms. The third-order valence-electron chi connectivity index (χ3n) is 5.01. The first-order valence-corrected chi connectivity index (χ1v) is 8.73. The summed E-state index contributed by atoms with van der Waals surface area (Å²) >= 11 is 0. The number of benzene rings is 2. The zero-order valence-corrected chi connectivity index (χ0v) is 15.0. The summed E-state index contributed by atoms with van der Waals surface area (Å²) in [4.78, 5) is 27.4. The predicted molar refractivity (Wildman–Crippen MR) is 99.4 cm³/mol. The van der Waals surface area contributed by atoms with Crippen LogP contribution in [0.5, 0.6) is 0 Å². The van der Waals surface area contributed by atoms with Crippen molar-refractivity contribution in [1.82, 2.24) is 5.32 Å². The van der Waals surface area contributed by atoms with Gasteiger partial charge in [-0.3, -0.25) is 9.59 Å². The fourth-order valence-corrected chi connectivity index (χ4v) is 3.62. The predicted octanol–water partition coefficient (Wildman–Crippen LogP) is 3.58. The summed E-state index contributed by atoms with van der Waals surface area (Å²) in [5, 5.41) is 3.02. The van der Waals surface area contributed by atoms with Crippen LogP contribution < -0.4 is 10.2 Å². The average molecular weight is 336 g/mol. The number of carbonyl (C=O) groups is 2. The molecule has 130 valence electrons. The van der Waals surface area contributed by atoms with E-state index < -0.39 is 5.41 Å². The normalized spacial score (nSPS) is 20.3. The van der Waals surface area contributed by atoms with Crippen LogP contribution in [-0.2, 0) is 15.0 Å². The Hall–Kier alpha value is -2.62. The third-order valence-corrected chi connectivity index (χ3v) is 5.01. The SMILES string of the molecule is CCN1C(=O)[C@@](C)(CC(=O)N[C@H](C)c2ccccc2)c2ccccc21. The highest BCUT2D eigenvalue weighted by molar-refractivity contribution is 6.09. The highest BCUT2D eigenvalue weighted by Crippen LogP contribution is 2.43. The van der Waals surface area contributed by atoms with E-state index in [0.717, 1.165) is 16.8 Å².